The summed E-state index contributed by atoms with van der Waals surface area (Å²) >= 11 is 5.62. The maximum Gasteiger partial charge on any atom is 0.416 e. The molecule has 2 aliphatic rings. The summed E-state index contributed by atoms with van der Waals surface area (Å²) in [6.07, 6.45) is -2.30. The summed E-state index contributed by atoms with van der Waals surface area (Å²) in [5, 5.41) is -0.647. The zero-order chi connectivity index (χ0) is 23.9. The molecule has 10 heteroatoms. The third-order valence-corrected chi connectivity index (χ3v) is 6.33. The molecule has 2 N–H and O–H groups in total. The monoisotopic (exact) mass is 488 g/mol. The molecule has 1 saturated heterocycles. The van der Waals surface area contributed by atoms with E-state index >= 15 is 0 Å². The highest BCUT2D eigenvalue weighted by Gasteiger charge is 2.34. The van der Waals surface area contributed by atoms with Gasteiger partial charge in [0.1, 0.15) is 11.9 Å². The molecule has 33 heavy (non-hydrogen) atoms. The fraction of sp³-hybridized carbons (Fsp3) is 0.435. The summed E-state index contributed by atoms with van der Waals surface area (Å²) in [5.41, 5.74) is 5.79. The number of alkyl halides is 3. The molecule has 0 spiro atoms. The number of halogens is 6. The van der Waals surface area contributed by atoms with Crippen molar-refractivity contribution in [2.45, 2.75) is 50.4 Å². The van der Waals surface area contributed by atoms with Gasteiger partial charge in [0, 0.05) is 19.6 Å². The number of hydrogen-bond donors (Lipinski definition) is 1. The number of ether oxygens (including phenoxy) is 1. The minimum Gasteiger partial charge on any atom is -0.487 e. The molecule has 2 aromatic carbocycles. The summed E-state index contributed by atoms with van der Waals surface area (Å²) in [7, 11) is 0. The van der Waals surface area contributed by atoms with Crippen LogP contribution in [0.5, 0.6) is 5.75 Å². The lowest BCUT2D eigenvalue weighted by Gasteiger charge is -2.33. The second-order valence-corrected chi connectivity index (χ2v) is 8.94. The van der Waals surface area contributed by atoms with Crippen LogP contribution in [0.3, 0.4) is 0 Å². The van der Waals surface area contributed by atoms with Gasteiger partial charge >= 0.3 is 6.18 Å². The van der Waals surface area contributed by atoms with E-state index in [9.17, 15) is 26.7 Å². The van der Waals surface area contributed by atoms with Crippen LogP contribution in [0.4, 0.5) is 22.0 Å². The van der Waals surface area contributed by atoms with Crippen LogP contribution < -0.4 is 10.5 Å². The smallest absolute Gasteiger partial charge is 0.416 e. The molecule has 0 atom stereocenters. The third-order valence-electron chi connectivity index (χ3n) is 6.06. The Kier molecular flexibility index (Phi) is 6.55. The van der Waals surface area contributed by atoms with Crippen LogP contribution in [0.1, 0.15) is 58.6 Å². The van der Waals surface area contributed by atoms with Gasteiger partial charge < -0.3 is 10.5 Å². The van der Waals surface area contributed by atoms with Crippen molar-refractivity contribution in [3.05, 3.63) is 63.2 Å². The van der Waals surface area contributed by atoms with Gasteiger partial charge in [0.25, 0.3) is 5.91 Å². The van der Waals surface area contributed by atoms with Crippen molar-refractivity contribution in [1.29, 1.82) is 0 Å². The van der Waals surface area contributed by atoms with Gasteiger partial charge in [-0.3, -0.25) is 9.69 Å². The van der Waals surface area contributed by atoms with Crippen LogP contribution in [0.25, 0.3) is 0 Å². The molecule has 2 aromatic rings. The Labute approximate surface area is 192 Å². The second-order valence-electron chi connectivity index (χ2n) is 8.53. The molecule has 1 heterocycles. The topological polar surface area (TPSA) is 55.6 Å². The van der Waals surface area contributed by atoms with Crippen molar-refractivity contribution < 1.29 is 31.5 Å². The highest BCUT2D eigenvalue weighted by atomic mass is 35.5. The van der Waals surface area contributed by atoms with E-state index in [4.69, 9.17) is 22.1 Å². The average Bonchev–Trinajstić information content (AvgIpc) is 3.57. The van der Waals surface area contributed by atoms with E-state index in [2.05, 4.69) is 4.90 Å². The van der Waals surface area contributed by atoms with Crippen molar-refractivity contribution in [3.63, 3.8) is 0 Å². The average molecular weight is 489 g/mol. The number of primary amides is 1. The summed E-state index contributed by atoms with van der Waals surface area (Å²) < 4.78 is 73.2. The molecule has 178 valence electrons. The lowest BCUT2D eigenvalue weighted by molar-refractivity contribution is -0.137. The zero-order valence-corrected chi connectivity index (χ0v) is 18.3. The maximum atomic E-state index is 14.3. The van der Waals surface area contributed by atoms with Crippen molar-refractivity contribution in [1.82, 2.24) is 4.90 Å². The molecular weight excluding hydrogens is 467 g/mol. The lowest BCUT2D eigenvalue weighted by atomic mass is 9.97. The molecule has 1 amide bonds. The van der Waals surface area contributed by atoms with Gasteiger partial charge in [-0.1, -0.05) is 11.6 Å². The van der Waals surface area contributed by atoms with Crippen LogP contribution in [-0.4, -0.2) is 30.0 Å². The largest absolute Gasteiger partial charge is 0.487 e. The van der Waals surface area contributed by atoms with Gasteiger partial charge in [-0.25, -0.2) is 8.78 Å². The zero-order valence-electron chi connectivity index (χ0n) is 17.5. The molecule has 1 saturated carbocycles. The number of carbonyl (C=O) groups is 1. The van der Waals surface area contributed by atoms with Crippen LogP contribution in [0.15, 0.2) is 24.3 Å². The SMILES string of the molecule is NC(=O)c1cc(C2CC2)c(CN2CCC(Oc3cc(C(F)(F)F)cc(Cl)c3F)CC2)cc1F. The Morgan fingerprint density at radius 1 is 1.09 bits per heavy atom. The van der Waals surface area contributed by atoms with Crippen molar-refractivity contribution in [2.75, 3.05) is 13.1 Å². The Morgan fingerprint density at radius 3 is 2.33 bits per heavy atom. The summed E-state index contributed by atoms with van der Waals surface area (Å²) in [4.78, 5) is 13.6. The Hall–Kier alpha value is -2.39. The number of carbonyl (C=O) groups excluding carboxylic acids is 1. The Bertz CT molecular complexity index is 1060. The van der Waals surface area contributed by atoms with Gasteiger partial charge in [-0.2, -0.15) is 13.2 Å². The van der Waals surface area contributed by atoms with Gasteiger partial charge in [0.05, 0.1) is 16.1 Å². The second kappa shape index (κ2) is 9.10. The van der Waals surface area contributed by atoms with Gasteiger partial charge in [0.15, 0.2) is 11.6 Å². The number of likely N-dealkylation sites (tertiary alicyclic amines) is 1. The summed E-state index contributed by atoms with van der Waals surface area (Å²) in [6.45, 7) is 1.52. The fourth-order valence-corrected chi connectivity index (χ4v) is 4.36. The van der Waals surface area contributed by atoms with Gasteiger partial charge in [-0.05, 0) is 67.0 Å². The maximum absolute atomic E-state index is 14.3. The quantitative estimate of drug-likeness (QED) is 0.534. The number of rotatable bonds is 6. The van der Waals surface area contributed by atoms with E-state index < -0.39 is 46.2 Å². The van der Waals surface area contributed by atoms with Crippen LogP contribution >= 0.6 is 11.6 Å². The fourth-order valence-electron chi connectivity index (χ4n) is 4.15. The van der Waals surface area contributed by atoms with Gasteiger partial charge in [-0.15, -0.1) is 0 Å². The minimum atomic E-state index is -4.67. The highest BCUT2D eigenvalue weighted by Crippen LogP contribution is 2.43. The molecule has 4 nitrogen and oxygen atoms in total. The number of benzene rings is 2. The first-order chi connectivity index (χ1) is 15.5. The van der Waals surface area contributed by atoms with Crippen molar-refractivity contribution in [2.24, 2.45) is 5.73 Å². The molecule has 0 bridgehead atoms. The molecule has 0 aromatic heterocycles. The highest BCUT2D eigenvalue weighted by molar-refractivity contribution is 6.31. The number of nitrogens with two attached hydrogens (primary N) is 1. The van der Waals surface area contributed by atoms with E-state index in [1.807, 2.05) is 0 Å². The number of amides is 1. The van der Waals surface area contributed by atoms with Crippen LogP contribution in [-0.2, 0) is 12.7 Å². The summed E-state index contributed by atoms with van der Waals surface area (Å²) in [6, 6.07) is 4.06. The van der Waals surface area contributed by atoms with Crippen molar-refractivity contribution in [3.8, 4) is 5.75 Å². The number of nitrogens with zero attached hydrogens (tertiary/aromatic N) is 1. The first-order valence-corrected chi connectivity index (χ1v) is 11.0. The van der Waals surface area contributed by atoms with E-state index in [1.54, 1.807) is 6.07 Å². The number of hydrogen-bond acceptors (Lipinski definition) is 3. The molecule has 1 aliphatic carbocycles. The van der Waals surface area contributed by atoms with E-state index in [-0.39, 0.29) is 11.5 Å². The summed E-state index contributed by atoms with van der Waals surface area (Å²) in [5.74, 6) is -2.72. The number of piperidine rings is 1. The predicted octanol–water partition coefficient (Wildman–Crippen LogP) is 5.66. The van der Waals surface area contributed by atoms with Gasteiger partial charge in [0.2, 0.25) is 0 Å². The Morgan fingerprint density at radius 2 is 1.76 bits per heavy atom. The molecule has 1 aliphatic heterocycles. The van der Waals surface area contributed by atoms with E-state index in [1.165, 1.54) is 6.07 Å². The Balaban J connectivity index is 1.42. The molecule has 2 fully saturated rings. The lowest BCUT2D eigenvalue weighted by Crippen LogP contribution is -2.38. The van der Waals surface area contributed by atoms with E-state index in [0.717, 1.165) is 24.0 Å². The molecule has 0 radical (unpaired) electrons. The molecule has 0 unspecified atom stereocenters. The minimum absolute atomic E-state index is 0.116. The van der Waals surface area contributed by atoms with Crippen LogP contribution in [0.2, 0.25) is 5.02 Å². The van der Waals surface area contributed by atoms with E-state index in [0.29, 0.717) is 44.6 Å². The molecule has 4 rings (SSSR count). The first-order valence-electron chi connectivity index (χ1n) is 10.6. The first kappa shape index (κ1) is 23.8. The van der Waals surface area contributed by atoms with Crippen LogP contribution in [0, 0.1) is 11.6 Å². The van der Waals surface area contributed by atoms with Crippen molar-refractivity contribution >= 4 is 17.5 Å². The predicted molar refractivity (Wildman–Crippen MR) is 112 cm³/mol. The third kappa shape index (κ3) is 5.41. The normalized spacial score (nSPS) is 17.9. The standard InChI is InChI=1S/C23H22ClF5N2O2/c24-18-8-14(23(27,28)29)9-20(21(18)26)33-15-3-5-31(6-4-15)11-13-7-19(25)17(22(30)32)10-16(13)12-1-2-12/h7-10,12,15H,1-6,11H2,(H2,30,32). The molecular formula is C23H22ClF5N2O2.